The number of anilines is 1. The van der Waals surface area contributed by atoms with Gasteiger partial charge in [-0.1, -0.05) is 24.2 Å². The van der Waals surface area contributed by atoms with E-state index in [0.717, 1.165) is 18.5 Å². The first-order valence-electron chi connectivity index (χ1n) is 9.90. The van der Waals surface area contributed by atoms with Crippen molar-refractivity contribution in [1.82, 2.24) is 5.16 Å². The molecule has 29 heavy (non-hydrogen) atoms. The summed E-state index contributed by atoms with van der Waals surface area (Å²) in [5.41, 5.74) is 0.771. The van der Waals surface area contributed by atoms with Crippen LogP contribution >= 0.6 is 0 Å². The Morgan fingerprint density at radius 1 is 1.14 bits per heavy atom. The number of halogens is 1. The summed E-state index contributed by atoms with van der Waals surface area (Å²) in [5, 5.41) is 6.66. The molecule has 0 unspecified atom stereocenters. The van der Waals surface area contributed by atoms with E-state index >= 15 is 0 Å². The summed E-state index contributed by atoms with van der Waals surface area (Å²) in [6.45, 7) is 9.88. The fraction of sp³-hybridized carbons (Fsp3) is 0.524. The summed E-state index contributed by atoms with van der Waals surface area (Å²) in [7, 11) is -0.645. The molecule has 2 aliphatic rings. The van der Waals surface area contributed by atoms with Gasteiger partial charge in [0.25, 0.3) is 0 Å². The molecule has 2 fully saturated rings. The van der Waals surface area contributed by atoms with Crippen LogP contribution in [0.15, 0.2) is 28.8 Å². The van der Waals surface area contributed by atoms with Crippen molar-refractivity contribution in [1.29, 1.82) is 0 Å². The van der Waals surface area contributed by atoms with E-state index < -0.39 is 24.1 Å². The number of aromatic nitrogens is 1. The van der Waals surface area contributed by atoms with Crippen molar-refractivity contribution in [3.63, 3.8) is 0 Å². The monoisotopic (exact) mass is 400 g/mol. The number of rotatable bonds is 5. The molecule has 0 spiro atoms. The lowest BCUT2D eigenvalue weighted by molar-refractivity contribution is -0.115. The van der Waals surface area contributed by atoms with Crippen LogP contribution in [-0.4, -0.2) is 29.4 Å². The highest BCUT2D eigenvalue weighted by atomic mass is 19.1. The van der Waals surface area contributed by atoms with Crippen LogP contribution in [0.25, 0.3) is 0 Å². The van der Waals surface area contributed by atoms with Gasteiger partial charge in [0, 0.05) is 11.5 Å². The van der Waals surface area contributed by atoms with Crippen LogP contribution in [0.5, 0.6) is 0 Å². The molecule has 6 nitrogen and oxygen atoms in total. The zero-order valence-corrected chi connectivity index (χ0v) is 17.5. The van der Waals surface area contributed by atoms with Crippen molar-refractivity contribution in [2.24, 2.45) is 0 Å². The number of hydrogen-bond donors (Lipinski definition) is 1. The van der Waals surface area contributed by atoms with E-state index in [-0.39, 0.29) is 29.2 Å². The van der Waals surface area contributed by atoms with Crippen molar-refractivity contribution in [3.05, 3.63) is 41.3 Å². The Labute approximate surface area is 170 Å². The van der Waals surface area contributed by atoms with E-state index in [1.165, 1.54) is 6.07 Å². The van der Waals surface area contributed by atoms with Gasteiger partial charge in [-0.05, 0) is 57.6 Å². The molecular formula is C21H26BFN2O4. The average Bonchev–Trinajstić information content (AvgIpc) is 3.10. The molecule has 1 aliphatic heterocycles. The van der Waals surface area contributed by atoms with Gasteiger partial charge in [0.2, 0.25) is 11.8 Å². The van der Waals surface area contributed by atoms with Crippen molar-refractivity contribution in [2.45, 2.75) is 70.5 Å². The minimum absolute atomic E-state index is 0.0575. The molecule has 8 heteroatoms. The molecule has 154 valence electrons. The van der Waals surface area contributed by atoms with E-state index in [4.69, 9.17) is 13.8 Å². The van der Waals surface area contributed by atoms with Gasteiger partial charge in [-0.25, -0.2) is 4.39 Å². The number of carbonyl (C=O) groups is 1. The fourth-order valence-corrected chi connectivity index (χ4v) is 3.25. The lowest BCUT2D eigenvalue weighted by atomic mass is 9.78. The van der Waals surface area contributed by atoms with Gasteiger partial charge in [-0.15, -0.1) is 0 Å². The molecule has 4 rings (SSSR count). The second kappa shape index (κ2) is 6.67. The largest absolute Gasteiger partial charge is 0.494 e. The molecule has 1 saturated heterocycles. The maximum atomic E-state index is 14.6. The SMILES string of the molecule is CC1(c2cc(NC(=O)Cc3ccc(B4OC(C)(C)C(C)(C)O4)cc3F)on2)CC1. The molecule has 1 N–H and O–H groups in total. The van der Waals surface area contributed by atoms with Crippen LogP contribution in [0, 0.1) is 5.82 Å². The van der Waals surface area contributed by atoms with Crippen LogP contribution in [0.3, 0.4) is 0 Å². The Morgan fingerprint density at radius 2 is 1.79 bits per heavy atom. The zero-order valence-electron chi connectivity index (χ0n) is 17.5. The summed E-state index contributed by atoms with van der Waals surface area (Å²) in [4.78, 5) is 12.3. The fourth-order valence-electron chi connectivity index (χ4n) is 3.25. The maximum Gasteiger partial charge on any atom is 0.494 e. The first kappa shape index (κ1) is 20.1. The Hall–Kier alpha value is -2.19. The predicted molar refractivity (Wildman–Crippen MR) is 108 cm³/mol. The molecule has 2 aromatic rings. The minimum Gasteiger partial charge on any atom is -0.399 e. The first-order chi connectivity index (χ1) is 13.5. The van der Waals surface area contributed by atoms with Gasteiger partial charge in [0.1, 0.15) is 5.82 Å². The molecule has 1 aromatic carbocycles. The summed E-state index contributed by atoms with van der Waals surface area (Å²) in [6, 6.07) is 6.43. The smallest absolute Gasteiger partial charge is 0.399 e. The second-order valence-electron chi connectivity index (χ2n) is 9.30. The molecule has 1 amide bonds. The number of nitrogens with zero attached hydrogens (tertiary/aromatic N) is 1. The quantitative estimate of drug-likeness (QED) is 0.780. The third kappa shape index (κ3) is 3.83. The van der Waals surface area contributed by atoms with Gasteiger partial charge in [-0.3, -0.25) is 10.1 Å². The van der Waals surface area contributed by atoms with Gasteiger partial charge in [-0.2, -0.15) is 0 Å². The van der Waals surface area contributed by atoms with Gasteiger partial charge in [0.15, 0.2) is 0 Å². The van der Waals surface area contributed by atoms with E-state index in [9.17, 15) is 9.18 Å². The van der Waals surface area contributed by atoms with Crippen molar-refractivity contribution < 1.29 is 23.0 Å². The highest BCUT2D eigenvalue weighted by Gasteiger charge is 2.51. The normalized spacial score (nSPS) is 21.2. The lowest BCUT2D eigenvalue weighted by Gasteiger charge is -2.32. The molecule has 0 bridgehead atoms. The molecule has 1 saturated carbocycles. The lowest BCUT2D eigenvalue weighted by Crippen LogP contribution is -2.41. The van der Waals surface area contributed by atoms with Crippen molar-refractivity contribution in [2.75, 3.05) is 5.32 Å². The summed E-state index contributed by atoms with van der Waals surface area (Å²) in [6.07, 6.45) is 2.02. The summed E-state index contributed by atoms with van der Waals surface area (Å²) >= 11 is 0. The van der Waals surface area contributed by atoms with Crippen molar-refractivity contribution in [3.8, 4) is 0 Å². The topological polar surface area (TPSA) is 73.6 Å². The third-order valence-electron chi connectivity index (χ3n) is 6.34. The minimum atomic E-state index is -0.645. The average molecular weight is 400 g/mol. The molecule has 0 radical (unpaired) electrons. The Kier molecular flexibility index (Phi) is 4.62. The van der Waals surface area contributed by atoms with Crippen LogP contribution in [0.1, 0.15) is 58.7 Å². The van der Waals surface area contributed by atoms with E-state index in [0.29, 0.717) is 5.46 Å². The second-order valence-corrected chi connectivity index (χ2v) is 9.30. The van der Waals surface area contributed by atoms with E-state index in [1.54, 1.807) is 18.2 Å². The van der Waals surface area contributed by atoms with Crippen LogP contribution in [-0.2, 0) is 25.9 Å². The third-order valence-corrected chi connectivity index (χ3v) is 6.34. The number of amides is 1. The number of nitrogens with one attached hydrogen (secondary N) is 1. The standard InChI is InChI=1S/C21H26BFN2O4/c1-19(2)20(3,4)29-22(28-19)14-7-6-13(15(23)11-14)10-17(26)24-18-12-16(25-27-18)21(5)8-9-21/h6-7,11-12H,8-10H2,1-5H3,(H,24,26). The Bertz CT molecular complexity index is 936. The highest BCUT2D eigenvalue weighted by molar-refractivity contribution is 6.62. The first-order valence-corrected chi connectivity index (χ1v) is 9.90. The predicted octanol–water partition coefficient (Wildman–Crippen LogP) is 3.35. The zero-order chi connectivity index (χ0) is 21.0. The Balaban J connectivity index is 1.41. The van der Waals surface area contributed by atoms with Crippen molar-refractivity contribution >= 4 is 24.4 Å². The Morgan fingerprint density at radius 3 is 2.38 bits per heavy atom. The van der Waals surface area contributed by atoms with Gasteiger partial charge in [0.05, 0.1) is 23.3 Å². The molecule has 1 aromatic heterocycles. The number of hydrogen-bond acceptors (Lipinski definition) is 5. The number of benzene rings is 1. The van der Waals surface area contributed by atoms with Gasteiger partial charge >= 0.3 is 7.12 Å². The molecule has 1 aliphatic carbocycles. The van der Waals surface area contributed by atoms with E-state index in [2.05, 4.69) is 17.4 Å². The van der Waals surface area contributed by atoms with Crippen LogP contribution in [0.4, 0.5) is 10.3 Å². The van der Waals surface area contributed by atoms with Crippen LogP contribution in [0.2, 0.25) is 0 Å². The number of carbonyl (C=O) groups excluding carboxylic acids is 1. The summed E-state index contributed by atoms with van der Waals surface area (Å²) < 4.78 is 31.7. The highest BCUT2D eigenvalue weighted by Crippen LogP contribution is 2.47. The van der Waals surface area contributed by atoms with Crippen LogP contribution < -0.4 is 10.8 Å². The van der Waals surface area contributed by atoms with E-state index in [1.807, 2.05) is 27.7 Å². The molecular weight excluding hydrogens is 374 g/mol. The molecule has 0 atom stereocenters. The van der Waals surface area contributed by atoms with Gasteiger partial charge < -0.3 is 13.8 Å². The molecule has 2 heterocycles. The maximum absolute atomic E-state index is 14.6. The summed E-state index contributed by atoms with van der Waals surface area (Å²) in [5.74, 6) is -0.556.